The molecular weight excluding hydrogens is 350 g/mol. The molecule has 0 aliphatic heterocycles. The SMILES string of the molecule is COc1cccc(NC(=O)CCS(=O)(=O)C2CCCc3ccccc32)c1. The van der Waals surface area contributed by atoms with E-state index in [1.807, 2.05) is 24.3 Å². The smallest absolute Gasteiger partial charge is 0.225 e. The van der Waals surface area contributed by atoms with E-state index in [1.54, 1.807) is 31.4 Å². The molecule has 0 heterocycles. The highest BCUT2D eigenvalue weighted by molar-refractivity contribution is 7.91. The highest BCUT2D eigenvalue weighted by Crippen LogP contribution is 2.36. The summed E-state index contributed by atoms with van der Waals surface area (Å²) < 4.78 is 30.7. The van der Waals surface area contributed by atoms with E-state index in [2.05, 4.69) is 5.32 Å². The predicted octanol–water partition coefficient (Wildman–Crippen LogP) is 3.52. The second-order valence-corrected chi connectivity index (χ2v) is 8.78. The molecule has 2 aromatic carbocycles. The van der Waals surface area contributed by atoms with E-state index in [0.717, 1.165) is 24.0 Å². The van der Waals surface area contributed by atoms with Crippen molar-refractivity contribution in [3.63, 3.8) is 0 Å². The van der Waals surface area contributed by atoms with Gasteiger partial charge in [0, 0.05) is 18.2 Å². The van der Waals surface area contributed by atoms with Gasteiger partial charge in [-0.15, -0.1) is 0 Å². The molecule has 0 bridgehead atoms. The number of carbonyl (C=O) groups excluding carboxylic acids is 1. The Labute approximate surface area is 154 Å². The lowest BCUT2D eigenvalue weighted by molar-refractivity contribution is -0.115. The molecule has 1 atom stereocenters. The lowest BCUT2D eigenvalue weighted by atomic mass is 9.91. The largest absolute Gasteiger partial charge is 0.497 e. The van der Waals surface area contributed by atoms with Gasteiger partial charge in [-0.3, -0.25) is 4.79 Å². The highest BCUT2D eigenvalue weighted by Gasteiger charge is 2.31. The Morgan fingerprint density at radius 1 is 1.19 bits per heavy atom. The van der Waals surface area contributed by atoms with Crippen LogP contribution in [0.4, 0.5) is 5.69 Å². The first-order valence-corrected chi connectivity index (χ1v) is 10.4. The Morgan fingerprint density at radius 3 is 2.81 bits per heavy atom. The maximum absolute atomic E-state index is 12.8. The van der Waals surface area contributed by atoms with Gasteiger partial charge in [0.05, 0.1) is 18.1 Å². The number of aryl methyl sites for hydroxylation is 1. The van der Waals surface area contributed by atoms with E-state index in [-0.39, 0.29) is 18.1 Å². The third kappa shape index (κ3) is 4.25. The number of amides is 1. The predicted molar refractivity (Wildman–Crippen MR) is 102 cm³/mol. The van der Waals surface area contributed by atoms with Crippen molar-refractivity contribution in [2.45, 2.75) is 30.9 Å². The second kappa shape index (κ2) is 7.91. The number of carbonyl (C=O) groups is 1. The van der Waals surface area contributed by atoms with Gasteiger partial charge in [-0.25, -0.2) is 8.42 Å². The zero-order valence-electron chi connectivity index (χ0n) is 14.8. The number of ether oxygens (including phenoxy) is 1. The molecule has 0 aromatic heterocycles. The number of sulfone groups is 1. The zero-order valence-corrected chi connectivity index (χ0v) is 15.6. The van der Waals surface area contributed by atoms with Gasteiger partial charge in [-0.2, -0.15) is 0 Å². The Balaban J connectivity index is 1.64. The molecule has 6 heteroatoms. The van der Waals surface area contributed by atoms with Crippen LogP contribution >= 0.6 is 0 Å². The van der Waals surface area contributed by atoms with Gasteiger partial charge < -0.3 is 10.1 Å². The minimum absolute atomic E-state index is 0.0573. The van der Waals surface area contributed by atoms with Crippen molar-refractivity contribution in [3.05, 3.63) is 59.7 Å². The van der Waals surface area contributed by atoms with Crippen molar-refractivity contribution >= 4 is 21.4 Å². The van der Waals surface area contributed by atoms with E-state index >= 15 is 0 Å². The Morgan fingerprint density at radius 2 is 2.00 bits per heavy atom. The van der Waals surface area contributed by atoms with E-state index in [1.165, 1.54) is 0 Å². The molecular formula is C20H23NO4S. The fourth-order valence-electron chi connectivity index (χ4n) is 3.38. The summed E-state index contributed by atoms with van der Waals surface area (Å²) in [6.45, 7) is 0. The van der Waals surface area contributed by atoms with Crippen LogP contribution in [0.5, 0.6) is 5.75 Å². The highest BCUT2D eigenvalue weighted by atomic mass is 32.2. The summed E-state index contributed by atoms with van der Waals surface area (Å²) in [7, 11) is -1.83. The fraction of sp³-hybridized carbons (Fsp3) is 0.350. The van der Waals surface area contributed by atoms with E-state index in [9.17, 15) is 13.2 Å². The maximum atomic E-state index is 12.8. The summed E-state index contributed by atoms with van der Waals surface area (Å²) in [4.78, 5) is 12.2. The van der Waals surface area contributed by atoms with Gasteiger partial charge in [0.2, 0.25) is 5.91 Å². The van der Waals surface area contributed by atoms with Crippen molar-refractivity contribution in [1.82, 2.24) is 0 Å². The van der Waals surface area contributed by atoms with Crippen LogP contribution in [0.1, 0.15) is 35.6 Å². The van der Waals surface area contributed by atoms with Crippen LogP contribution in [0.25, 0.3) is 0 Å². The molecule has 26 heavy (non-hydrogen) atoms. The summed E-state index contributed by atoms with van der Waals surface area (Å²) in [6.07, 6.45) is 2.34. The van der Waals surface area contributed by atoms with Gasteiger partial charge in [0.1, 0.15) is 5.75 Å². The first-order chi connectivity index (χ1) is 12.5. The van der Waals surface area contributed by atoms with Crippen molar-refractivity contribution < 1.29 is 17.9 Å². The average molecular weight is 373 g/mol. The summed E-state index contributed by atoms with van der Waals surface area (Å²) in [5.74, 6) is 0.169. The van der Waals surface area contributed by atoms with Crippen LogP contribution in [-0.4, -0.2) is 27.2 Å². The van der Waals surface area contributed by atoms with Crippen LogP contribution in [0.2, 0.25) is 0 Å². The van der Waals surface area contributed by atoms with Crippen molar-refractivity contribution in [2.24, 2.45) is 0 Å². The van der Waals surface area contributed by atoms with E-state index < -0.39 is 15.1 Å². The van der Waals surface area contributed by atoms with Gasteiger partial charge in [0.25, 0.3) is 0 Å². The first-order valence-electron chi connectivity index (χ1n) is 8.73. The van der Waals surface area contributed by atoms with Crippen molar-refractivity contribution in [3.8, 4) is 5.75 Å². The number of anilines is 1. The molecule has 0 saturated heterocycles. The maximum Gasteiger partial charge on any atom is 0.225 e. The second-order valence-electron chi connectivity index (χ2n) is 6.48. The number of benzene rings is 2. The minimum atomic E-state index is -3.38. The van der Waals surface area contributed by atoms with Crippen LogP contribution in [0.3, 0.4) is 0 Å². The molecule has 2 aromatic rings. The number of nitrogens with one attached hydrogen (secondary N) is 1. The van der Waals surface area contributed by atoms with E-state index in [0.29, 0.717) is 17.9 Å². The monoisotopic (exact) mass is 373 g/mol. The summed E-state index contributed by atoms with van der Waals surface area (Å²) >= 11 is 0. The van der Waals surface area contributed by atoms with Crippen LogP contribution < -0.4 is 10.1 Å². The van der Waals surface area contributed by atoms with Crippen LogP contribution in [0.15, 0.2) is 48.5 Å². The Hall–Kier alpha value is -2.34. The number of methoxy groups -OCH3 is 1. The molecule has 5 nitrogen and oxygen atoms in total. The number of hydrogen-bond donors (Lipinski definition) is 1. The normalized spacial score (nSPS) is 16.6. The minimum Gasteiger partial charge on any atom is -0.497 e. The molecule has 0 radical (unpaired) electrons. The summed E-state index contributed by atoms with van der Waals surface area (Å²) in [6, 6.07) is 14.7. The standard InChI is InChI=1S/C20H23NO4S/c1-25-17-9-5-8-16(14-17)21-20(22)12-13-26(23,24)19-11-4-7-15-6-2-3-10-18(15)19/h2-3,5-6,8-10,14,19H,4,7,11-13H2,1H3,(H,21,22). The van der Waals surface area contributed by atoms with Gasteiger partial charge in [-0.1, -0.05) is 30.3 Å². The summed E-state index contributed by atoms with van der Waals surface area (Å²) in [5, 5.41) is 2.23. The third-order valence-electron chi connectivity index (χ3n) is 4.72. The number of hydrogen-bond acceptors (Lipinski definition) is 4. The van der Waals surface area contributed by atoms with Crippen molar-refractivity contribution in [2.75, 3.05) is 18.2 Å². The molecule has 0 fully saturated rings. The van der Waals surface area contributed by atoms with Crippen LogP contribution in [-0.2, 0) is 21.1 Å². The number of rotatable bonds is 6. The molecule has 0 spiro atoms. The molecule has 1 unspecified atom stereocenters. The van der Waals surface area contributed by atoms with E-state index in [4.69, 9.17) is 4.74 Å². The van der Waals surface area contributed by atoms with Crippen LogP contribution in [0, 0.1) is 0 Å². The summed E-state index contributed by atoms with van der Waals surface area (Å²) in [5.41, 5.74) is 2.59. The topological polar surface area (TPSA) is 72.5 Å². The molecule has 3 rings (SSSR count). The van der Waals surface area contributed by atoms with Gasteiger partial charge in [0.15, 0.2) is 9.84 Å². The molecule has 0 saturated carbocycles. The molecule has 1 aliphatic rings. The quantitative estimate of drug-likeness (QED) is 0.841. The molecule has 1 amide bonds. The Kier molecular flexibility index (Phi) is 5.61. The molecule has 1 N–H and O–H groups in total. The number of fused-ring (bicyclic) bond motifs is 1. The lowest BCUT2D eigenvalue weighted by Gasteiger charge is -2.25. The van der Waals surface area contributed by atoms with Gasteiger partial charge in [-0.05, 0) is 42.5 Å². The van der Waals surface area contributed by atoms with Gasteiger partial charge >= 0.3 is 0 Å². The van der Waals surface area contributed by atoms with Crippen molar-refractivity contribution in [1.29, 1.82) is 0 Å². The molecule has 138 valence electrons. The first kappa shape index (κ1) is 18.5. The third-order valence-corrected chi connectivity index (χ3v) is 6.84. The average Bonchev–Trinajstić information content (AvgIpc) is 2.66. The fourth-order valence-corrected chi connectivity index (χ4v) is 5.28. The Bertz CT molecular complexity index is 892. The lowest BCUT2D eigenvalue weighted by Crippen LogP contribution is -2.24. The molecule has 1 aliphatic carbocycles. The zero-order chi connectivity index (χ0) is 18.6.